The van der Waals surface area contributed by atoms with E-state index in [0.717, 1.165) is 46.8 Å². The maximum Gasteiger partial charge on any atom is 0.149 e. The highest BCUT2D eigenvalue weighted by atomic mass is 19.1. The van der Waals surface area contributed by atoms with Crippen molar-refractivity contribution < 1.29 is 13.9 Å². The van der Waals surface area contributed by atoms with Gasteiger partial charge in [-0.1, -0.05) is 18.2 Å². The summed E-state index contributed by atoms with van der Waals surface area (Å²) >= 11 is 0. The number of pyridine rings is 2. The van der Waals surface area contributed by atoms with E-state index in [1.165, 1.54) is 12.8 Å². The summed E-state index contributed by atoms with van der Waals surface area (Å²) in [6, 6.07) is 13.7. The monoisotopic (exact) mass is 432 g/mol. The van der Waals surface area contributed by atoms with Crippen LogP contribution in [0.2, 0.25) is 0 Å². The molecule has 1 aromatic carbocycles. The third kappa shape index (κ3) is 3.77. The quantitative estimate of drug-likeness (QED) is 0.489. The zero-order chi connectivity index (χ0) is 21.5. The number of rotatable bonds is 6. The average molecular weight is 432 g/mol. The summed E-state index contributed by atoms with van der Waals surface area (Å²) in [7, 11) is 0. The lowest BCUT2D eigenvalue weighted by Gasteiger charge is -2.27. The van der Waals surface area contributed by atoms with Gasteiger partial charge in [-0.2, -0.15) is 0 Å². The Morgan fingerprint density at radius 2 is 2.06 bits per heavy atom. The van der Waals surface area contributed by atoms with Gasteiger partial charge >= 0.3 is 0 Å². The molecule has 3 aromatic heterocycles. The number of aromatic nitrogens is 3. The van der Waals surface area contributed by atoms with Crippen LogP contribution < -0.4 is 14.8 Å². The lowest BCUT2D eigenvalue weighted by atomic mass is 10.1. The molecule has 1 aliphatic carbocycles. The van der Waals surface area contributed by atoms with Gasteiger partial charge in [0.2, 0.25) is 0 Å². The van der Waals surface area contributed by atoms with Gasteiger partial charge in [-0.05, 0) is 49.9 Å². The van der Waals surface area contributed by atoms with Crippen molar-refractivity contribution in [1.29, 1.82) is 0 Å². The van der Waals surface area contributed by atoms with E-state index in [1.807, 2.05) is 59.3 Å². The number of halogens is 1. The molecule has 4 heterocycles. The van der Waals surface area contributed by atoms with Crippen LogP contribution >= 0.6 is 0 Å². The van der Waals surface area contributed by atoms with Crippen molar-refractivity contribution in [3.8, 4) is 22.9 Å². The number of fused-ring (bicyclic) bond motifs is 2. The number of nitrogens with zero attached hydrogens (tertiary/aromatic N) is 3. The first-order chi connectivity index (χ1) is 15.7. The second-order valence-corrected chi connectivity index (χ2v) is 8.68. The Balaban J connectivity index is 1.33. The molecule has 0 unspecified atom stereocenters. The summed E-state index contributed by atoms with van der Waals surface area (Å²) in [6.45, 7) is 1.85. The third-order valence-corrected chi connectivity index (χ3v) is 6.24. The van der Waals surface area contributed by atoms with Gasteiger partial charge in [-0.15, -0.1) is 0 Å². The molecular weight excluding hydrogens is 407 g/mol. The van der Waals surface area contributed by atoms with E-state index >= 15 is 0 Å². The minimum absolute atomic E-state index is 0.322. The highest BCUT2D eigenvalue weighted by molar-refractivity contribution is 5.86. The molecule has 2 atom stereocenters. The predicted molar refractivity (Wildman–Crippen MR) is 121 cm³/mol. The Morgan fingerprint density at radius 3 is 2.94 bits per heavy atom. The van der Waals surface area contributed by atoms with Gasteiger partial charge in [0.05, 0.1) is 24.2 Å². The summed E-state index contributed by atoms with van der Waals surface area (Å²) in [6.07, 6.45) is 5.46. The first-order valence-electron chi connectivity index (χ1n) is 11.3. The zero-order valence-electron chi connectivity index (χ0n) is 17.7. The first kappa shape index (κ1) is 19.5. The topological polar surface area (TPSA) is 60.7 Å². The lowest BCUT2D eigenvalue weighted by molar-refractivity contribution is 0.0743. The van der Waals surface area contributed by atoms with E-state index in [-0.39, 0.29) is 0 Å². The number of benzene rings is 1. The molecule has 6 nitrogen and oxygen atoms in total. The van der Waals surface area contributed by atoms with Crippen molar-refractivity contribution in [1.82, 2.24) is 19.7 Å². The molecule has 4 aromatic rings. The normalized spacial score (nSPS) is 21.2. The van der Waals surface area contributed by atoms with E-state index in [4.69, 9.17) is 14.5 Å². The number of hydrogen-bond donors (Lipinski definition) is 1. The van der Waals surface area contributed by atoms with Crippen LogP contribution in [0, 0.1) is 5.92 Å². The Labute approximate surface area is 185 Å². The van der Waals surface area contributed by atoms with E-state index in [1.54, 1.807) is 0 Å². The van der Waals surface area contributed by atoms with Gasteiger partial charge in [-0.3, -0.25) is 4.40 Å². The van der Waals surface area contributed by atoms with Gasteiger partial charge in [0.1, 0.15) is 34.9 Å². The molecular formula is C25H25FN4O2. The summed E-state index contributed by atoms with van der Waals surface area (Å²) in [5.41, 5.74) is 3.22. The number of para-hydroxylation sites is 1. The first-order valence-corrected chi connectivity index (χ1v) is 11.3. The fourth-order valence-electron chi connectivity index (χ4n) is 4.19. The smallest absolute Gasteiger partial charge is 0.149 e. The van der Waals surface area contributed by atoms with Crippen molar-refractivity contribution in [3.05, 3.63) is 54.9 Å². The van der Waals surface area contributed by atoms with Gasteiger partial charge < -0.3 is 14.8 Å². The summed E-state index contributed by atoms with van der Waals surface area (Å²) in [5, 5.41) is 4.02. The molecule has 7 heteroatoms. The third-order valence-electron chi connectivity index (χ3n) is 6.24. The molecule has 32 heavy (non-hydrogen) atoms. The summed E-state index contributed by atoms with van der Waals surface area (Å²) < 4.78 is 28.3. The predicted octanol–water partition coefficient (Wildman–Crippen LogP) is 4.42. The van der Waals surface area contributed by atoms with E-state index < -0.39 is 12.3 Å². The zero-order valence-corrected chi connectivity index (χ0v) is 17.7. The Morgan fingerprint density at radius 1 is 1.12 bits per heavy atom. The standard InChI is InChI=1S/C25H25FN4O2/c26-19-13-27-10-8-22(19)32-23-3-1-2-17-6-7-20(29-25(17)23)21-14-28-24-12-18(9-11-30(21)24)31-15-16-4-5-16/h1-3,6-7,9,11-12,14,16,19,22,27H,4-5,8,10,13,15H2/t19-,22-/m1/s1. The number of imidazole rings is 1. The van der Waals surface area contributed by atoms with Crippen LogP contribution in [-0.4, -0.2) is 46.3 Å². The second-order valence-electron chi connectivity index (χ2n) is 8.68. The Kier molecular flexibility index (Phi) is 4.91. The van der Waals surface area contributed by atoms with E-state index in [9.17, 15) is 4.39 Å². The molecule has 0 bridgehead atoms. The number of piperidine rings is 1. The van der Waals surface area contributed by atoms with Crippen LogP contribution in [0.3, 0.4) is 0 Å². The number of ether oxygens (including phenoxy) is 2. The molecule has 1 aliphatic heterocycles. The number of hydrogen-bond acceptors (Lipinski definition) is 5. The van der Waals surface area contributed by atoms with Crippen molar-refractivity contribution in [2.24, 2.45) is 5.92 Å². The van der Waals surface area contributed by atoms with Crippen LogP contribution in [0.4, 0.5) is 4.39 Å². The molecule has 0 amide bonds. The summed E-state index contributed by atoms with van der Waals surface area (Å²) in [4.78, 5) is 9.45. The number of alkyl halides is 1. The fraction of sp³-hybridized carbons (Fsp3) is 0.360. The van der Waals surface area contributed by atoms with Crippen molar-refractivity contribution >= 4 is 16.6 Å². The molecule has 2 aliphatic rings. The Hall–Kier alpha value is -3.19. The molecule has 6 rings (SSSR count). The Bertz CT molecular complexity index is 1270. The minimum Gasteiger partial charge on any atom is -0.493 e. The molecule has 1 N–H and O–H groups in total. The molecule has 0 spiro atoms. The maximum atomic E-state index is 14.3. The fourth-order valence-corrected chi connectivity index (χ4v) is 4.19. The SMILES string of the molecule is F[C@@H]1CNCC[C@H]1Oc1cccc2ccc(-c3cnc4cc(OCC5CC5)ccn34)nc12. The van der Waals surface area contributed by atoms with Crippen molar-refractivity contribution in [2.45, 2.75) is 31.5 Å². The number of nitrogens with one attached hydrogen (secondary N) is 1. The molecule has 164 valence electrons. The average Bonchev–Trinajstić information content (AvgIpc) is 3.56. The van der Waals surface area contributed by atoms with Crippen molar-refractivity contribution in [3.63, 3.8) is 0 Å². The van der Waals surface area contributed by atoms with Crippen LogP contribution in [0.15, 0.2) is 54.9 Å². The van der Waals surface area contributed by atoms with Crippen LogP contribution in [-0.2, 0) is 0 Å². The van der Waals surface area contributed by atoms with Crippen LogP contribution in [0.25, 0.3) is 27.9 Å². The minimum atomic E-state index is -1.03. The van der Waals surface area contributed by atoms with Crippen molar-refractivity contribution in [2.75, 3.05) is 19.7 Å². The van der Waals surface area contributed by atoms with Crippen LogP contribution in [0.1, 0.15) is 19.3 Å². The van der Waals surface area contributed by atoms with E-state index in [0.29, 0.717) is 24.6 Å². The van der Waals surface area contributed by atoms with Gasteiger partial charge in [0.15, 0.2) is 0 Å². The van der Waals surface area contributed by atoms with Gasteiger partial charge in [-0.25, -0.2) is 14.4 Å². The molecule has 1 saturated carbocycles. The lowest BCUT2D eigenvalue weighted by Crippen LogP contribution is -2.44. The molecule has 1 saturated heterocycles. The molecule has 2 fully saturated rings. The molecule has 0 radical (unpaired) electrons. The summed E-state index contributed by atoms with van der Waals surface area (Å²) in [5.74, 6) is 2.16. The van der Waals surface area contributed by atoms with Crippen LogP contribution in [0.5, 0.6) is 11.5 Å². The highest BCUT2D eigenvalue weighted by Crippen LogP contribution is 2.31. The highest BCUT2D eigenvalue weighted by Gasteiger charge is 2.27. The maximum absolute atomic E-state index is 14.3. The van der Waals surface area contributed by atoms with Gasteiger partial charge in [0.25, 0.3) is 0 Å². The van der Waals surface area contributed by atoms with E-state index in [2.05, 4.69) is 10.3 Å². The largest absolute Gasteiger partial charge is 0.493 e. The second kappa shape index (κ2) is 8.06. The van der Waals surface area contributed by atoms with Gasteiger partial charge in [0, 0.05) is 24.2 Å².